The molecule has 72 valence electrons. The molecule has 0 aliphatic rings. The van der Waals surface area contributed by atoms with Crippen molar-refractivity contribution in [1.82, 2.24) is 0 Å². The quantitative estimate of drug-likeness (QED) is 0.313. The Labute approximate surface area is 77.7 Å². The van der Waals surface area contributed by atoms with Crippen molar-refractivity contribution < 1.29 is 4.48 Å². The van der Waals surface area contributed by atoms with E-state index in [4.69, 9.17) is 0 Å². The van der Waals surface area contributed by atoms with Gasteiger partial charge in [-0.1, -0.05) is 6.08 Å². The van der Waals surface area contributed by atoms with Crippen molar-refractivity contribution in [3.8, 4) is 0 Å². The molecule has 0 amide bonds. The van der Waals surface area contributed by atoms with Crippen molar-refractivity contribution >= 4 is 0 Å². The van der Waals surface area contributed by atoms with Crippen molar-refractivity contribution in [2.75, 3.05) is 26.2 Å². The van der Waals surface area contributed by atoms with Crippen LogP contribution in [0.25, 0.3) is 0 Å². The van der Waals surface area contributed by atoms with Gasteiger partial charge in [0.05, 0.1) is 26.2 Å². The van der Waals surface area contributed by atoms with E-state index >= 15 is 0 Å². The van der Waals surface area contributed by atoms with Gasteiger partial charge in [0, 0.05) is 6.42 Å². The van der Waals surface area contributed by atoms with Gasteiger partial charge in [-0.2, -0.15) is 0 Å². The summed E-state index contributed by atoms with van der Waals surface area (Å²) in [5.74, 6) is 0. The number of rotatable bonds is 7. The molecule has 0 heterocycles. The van der Waals surface area contributed by atoms with Crippen LogP contribution >= 0.6 is 0 Å². The zero-order chi connectivity index (χ0) is 9.45. The van der Waals surface area contributed by atoms with Crippen molar-refractivity contribution in [3.05, 3.63) is 12.7 Å². The SMILES string of the molecule is C=CCCC[N+](CC)(CC)CC. The summed E-state index contributed by atoms with van der Waals surface area (Å²) in [5.41, 5.74) is 0. The molecule has 0 aromatic rings. The van der Waals surface area contributed by atoms with E-state index in [1.807, 2.05) is 6.08 Å². The van der Waals surface area contributed by atoms with E-state index in [9.17, 15) is 0 Å². The van der Waals surface area contributed by atoms with Gasteiger partial charge in [-0.05, 0) is 27.2 Å². The molecule has 0 N–H and O–H groups in total. The number of hydrogen-bond acceptors (Lipinski definition) is 0. The third kappa shape index (κ3) is 3.40. The summed E-state index contributed by atoms with van der Waals surface area (Å²) >= 11 is 0. The minimum Gasteiger partial charge on any atom is -0.324 e. The molecule has 0 unspecified atom stereocenters. The van der Waals surface area contributed by atoms with E-state index in [-0.39, 0.29) is 0 Å². The van der Waals surface area contributed by atoms with Crippen LogP contribution in [0.5, 0.6) is 0 Å². The van der Waals surface area contributed by atoms with Gasteiger partial charge in [0.15, 0.2) is 0 Å². The summed E-state index contributed by atoms with van der Waals surface area (Å²) in [6, 6.07) is 0. The third-order valence-corrected chi connectivity index (χ3v) is 3.05. The van der Waals surface area contributed by atoms with E-state index in [2.05, 4.69) is 27.4 Å². The van der Waals surface area contributed by atoms with Crippen LogP contribution in [0.3, 0.4) is 0 Å². The first kappa shape index (κ1) is 11.7. The molecule has 0 spiro atoms. The van der Waals surface area contributed by atoms with Crippen molar-refractivity contribution in [1.29, 1.82) is 0 Å². The topological polar surface area (TPSA) is 0 Å². The van der Waals surface area contributed by atoms with Crippen LogP contribution in [0.15, 0.2) is 12.7 Å². The minimum atomic E-state index is 1.17. The van der Waals surface area contributed by atoms with Gasteiger partial charge in [-0.25, -0.2) is 0 Å². The Kier molecular flexibility index (Phi) is 6.09. The molecule has 12 heavy (non-hydrogen) atoms. The second kappa shape index (κ2) is 6.24. The number of unbranched alkanes of at least 4 members (excludes halogenated alkanes) is 1. The van der Waals surface area contributed by atoms with Gasteiger partial charge in [0.2, 0.25) is 0 Å². The molecular formula is C11H24N+. The van der Waals surface area contributed by atoms with Crippen LogP contribution in [-0.2, 0) is 0 Å². The standard InChI is InChI=1S/C11H24N/c1-5-9-10-11-12(6-2,7-3)8-4/h5H,1,6-11H2,2-4H3/q+1. The van der Waals surface area contributed by atoms with Crippen LogP contribution in [0.1, 0.15) is 33.6 Å². The van der Waals surface area contributed by atoms with E-state index < -0.39 is 0 Å². The van der Waals surface area contributed by atoms with E-state index in [1.54, 1.807) is 0 Å². The summed E-state index contributed by atoms with van der Waals surface area (Å²) in [6.07, 6.45) is 4.48. The maximum Gasteiger partial charge on any atom is 0.0789 e. The lowest BCUT2D eigenvalue weighted by Gasteiger charge is -2.35. The maximum absolute atomic E-state index is 3.75. The van der Waals surface area contributed by atoms with E-state index in [0.717, 1.165) is 0 Å². The average Bonchev–Trinajstić information content (AvgIpc) is 2.14. The fourth-order valence-corrected chi connectivity index (χ4v) is 1.72. The highest BCUT2D eigenvalue weighted by atomic mass is 15.3. The lowest BCUT2D eigenvalue weighted by Crippen LogP contribution is -2.48. The Hall–Kier alpha value is -0.300. The number of quaternary nitrogens is 1. The molecule has 0 saturated carbocycles. The molecule has 0 radical (unpaired) electrons. The zero-order valence-electron chi connectivity index (χ0n) is 8.97. The van der Waals surface area contributed by atoms with Gasteiger partial charge in [-0.3, -0.25) is 0 Å². The Morgan fingerprint density at radius 2 is 1.58 bits per heavy atom. The van der Waals surface area contributed by atoms with Crippen LogP contribution in [0, 0.1) is 0 Å². The summed E-state index contributed by atoms with van der Waals surface area (Å²) < 4.78 is 1.27. The molecular weight excluding hydrogens is 146 g/mol. The molecule has 0 rings (SSSR count). The fourth-order valence-electron chi connectivity index (χ4n) is 1.72. The first-order valence-corrected chi connectivity index (χ1v) is 5.20. The lowest BCUT2D eigenvalue weighted by molar-refractivity contribution is -0.923. The van der Waals surface area contributed by atoms with Crippen molar-refractivity contribution in [2.24, 2.45) is 0 Å². The molecule has 0 aliphatic heterocycles. The number of allylic oxidation sites excluding steroid dienone is 1. The first-order chi connectivity index (χ1) is 5.74. The molecule has 1 nitrogen and oxygen atoms in total. The van der Waals surface area contributed by atoms with Gasteiger partial charge >= 0.3 is 0 Å². The Balaban J connectivity index is 3.84. The van der Waals surface area contributed by atoms with Crippen LogP contribution in [-0.4, -0.2) is 30.7 Å². The summed E-state index contributed by atoms with van der Waals surface area (Å²) in [7, 11) is 0. The predicted octanol–water partition coefficient (Wildman–Crippen LogP) is 2.83. The second-order valence-corrected chi connectivity index (χ2v) is 3.44. The first-order valence-electron chi connectivity index (χ1n) is 5.20. The van der Waals surface area contributed by atoms with E-state index in [1.165, 1.54) is 43.5 Å². The molecule has 0 saturated heterocycles. The molecule has 0 aromatic carbocycles. The Morgan fingerprint density at radius 1 is 1.08 bits per heavy atom. The maximum atomic E-state index is 3.75. The number of nitrogens with zero attached hydrogens (tertiary/aromatic N) is 1. The Bertz CT molecular complexity index is 106. The molecule has 0 atom stereocenters. The largest absolute Gasteiger partial charge is 0.324 e. The van der Waals surface area contributed by atoms with E-state index in [0.29, 0.717) is 0 Å². The highest BCUT2D eigenvalue weighted by molar-refractivity contribution is 4.65. The molecule has 0 bridgehead atoms. The van der Waals surface area contributed by atoms with Crippen molar-refractivity contribution in [3.63, 3.8) is 0 Å². The second-order valence-electron chi connectivity index (χ2n) is 3.44. The van der Waals surface area contributed by atoms with Crippen LogP contribution in [0.2, 0.25) is 0 Å². The van der Waals surface area contributed by atoms with Crippen molar-refractivity contribution in [2.45, 2.75) is 33.6 Å². The van der Waals surface area contributed by atoms with Crippen LogP contribution in [0.4, 0.5) is 0 Å². The zero-order valence-corrected chi connectivity index (χ0v) is 8.97. The van der Waals surface area contributed by atoms with Gasteiger partial charge in [0.1, 0.15) is 0 Å². The Morgan fingerprint density at radius 3 is 1.92 bits per heavy atom. The predicted molar refractivity (Wildman–Crippen MR) is 56.2 cm³/mol. The van der Waals surface area contributed by atoms with Gasteiger partial charge in [0.25, 0.3) is 0 Å². The van der Waals surface area contributed by atoms with Gasteiger partial charge < -0.3 is 4.48 Å². The normalized spacial score (nSPS) is 11.6. The highest BCUT2D eigenvalue weighted by Crippen LogP contribution is 2.08. The fraction of sp³-hybridized carbons (Fsp3) is 0.818. The summed E-state index contributed by atoms with van der Waals surface area (Å²) in [4.78, 5) is 0. The molecule has 0 aromatic heterocycles. The smallest absolute Gasteiger partial charge is 0.0789 e. The van der Waals surface area contributed by atoms with Gasteiger partial charge in [-0.15, -0.1) is 6.58 Å². The molecule has 1 heteroatoms. The summed E-state index contributed by atoms with van der Waals surface area (Å²) in [6.45, 7) is 15.7. The lowest BCUT2D eigenvalue weighted by atomic mass is 10.2. The average molecular weight is 170 g/mol. The van der Waals surface area contributed by atoms with Crippen LogP contribution < -0.4 is 0 Å². The summed E-state index contributed by atoms with van der Waals surface area (Å²) in [5, 5.41) is 0. The molecule has 0 fully saturated rings. The minimum absolute atomic E-state index is 1.17. The monoisotopic (exact) mass is 170 g/mol. The highest BCUT2D eigenvalue weighted by Gasteiger charge is 2.18. The number of hydrogen-bond donors (Lipinski definition) is 0. The third-order valence-electron chi connectivity index (χ3n) is 3.05. The molecule has 0 aliphatic carbocycles.